The summed E-state index contributed by atoms with van der Waals surface area (Å²) in [7, 11) is 0. The minimum atomic E-state index is -0.572. The highest BCUT2D eigenvalue weighted by atomic mass is 16.5. The second-order valence-corrected chi connectivity index (χ2v) is 11.8. The number of nitrogens with one attached hydrogen (secondary N) is 1. The first-order valence-electron chi connectivity index (χ1n) is 15.5. The molecule has 3 heterocycles. The Labute approximate surface area is 253 Å². The number of hydrogen-bond donors (Lipinski definition) is 5. The molecule has 230 valence electrons. The Morgan fingerprint density at radius 2 is 2.12 bits per heavy atom. The topological polar surface area (TPSA) is 141 Å². The van der Waals surface area contributed by atoms with Crippen LogP contribution in [0, 0.1) is 0 Å². The van der Waals surface area contributed by atoms with E-state index in [1.807, 2.05) is 29.4 Å². The number of phenols is 1. The van der Waals surface area contributed by atoms with Crippen molar-refractivity contribution in [2.75, 3.05) is 19.8 Å². The van der Waals surface area contributed by atoms with Gasteiger partial charge in [-0.15, -0.1) is 0 Å². The van der Waals surface area contributed by atoms with Gasteiger partial charge in [-0.1, -0.05) is 44.4 Å². The number of phenolic OH excluding ortho intramolecular Hbond substituents is 1. The molecule has 2 aromatic rings. The van der Waals surface area contributed by atoms with E-state index in [4.69, 9.17) is 10.5 Å². The van der Waals surface area contributed by atoms with Crippen molar-refractivity contribution < 1.29 is 24.9 Å². The van der Waals surface area contributed by atoms with Gasteiger partial charge in [-0.25, -0.2) is 0 Å². The number of benzene rings is 2. The Kier molecular flexibility index (Phi) is 10.3. The fraction of sp³-hybridized carbons (Fsp3) is 0.471. The lowest BCUT2D eigenvalue weighted by Crippen LogP contribution is -2.36. The Bertz CT molecular complexity index is 1420. The number of aliphatic hydroxyl groups excluding tert-OH is 2. The van der Waals surface area contributed by atoms with Gasteiger partial charge in [0.05, 0.1) is 24.6 Å². The van der Waals surface area contributed by atoms with Crippen molar-refractivity contribution in [1.82, 2.24) is 10.2 Å². The summed E-state index contributed by atoms with van der Waals surface area (Å²) in [4.78, 5) is 19.0. The van der Waals surface area contributed by atoms with Crippen LogP contribution in [0.2, 0.25) is 0 Å². The molecule has 9 nitrogen and oxygen atoms in total. The molecule has 0 unspecified atom stereocenters. The fourth-order valence-electron chi connectivity index (χ4n) is 6.15. The number of unbranched alkanes of at least 4 members (excludes halogenated alkanes) is 2. The smallest absolute Gasteiger partial charge is 0.163 e. The van der Waals surface area contributed by atoms with Gasteiger partial charge >= 0.3 is 0 Å². The van der Waals surface area contributed by atoms with Gasteiger partial charge < -0.3 is 30.7 Å². The average Bonchev–Trinajstić information content (AvgIpc) is 3.57. The van der Waals surface area contributed by atoms with Crippen LogP contribution in [0.15, 0.2) is 58.4 Å². The van der Waals surface area contributed by atoms with Crippen molar-refractivity contribution in [3.8, 4) is 11.5 Å². The highest BCUT2D eigenvalue weighted by molar-refractivity contribution is 5.87. The van der Waals surface area contributed by atoms with Gasteiger partial charge in [0.2, 0.25) is 0 Å². The van der Waals surface area contributed by atoms with Gasteiger partial charge in [-0.3, -0.25) is 15.1 Å². The summed E-state index contributed by atoms with van der Waals surface area (Å²) in [5.41, 5.74) is 14.7. The van der Waals surface area contributed by atoms with Crippen LogP contribution in [-0.4, -0.2) is 58.1 Å². The van der Waals surface area contributed by atoms with Crippen LogP contribution >= 0.6 is 0 Å². The number of nitrogens with two attached hydrogens (primary N) is 1. The predicted octanol–water partition coefficient (Wildman–Crippen LogP) is 3.94. The molecule has 5 rings (SSSR count). The summed E-state index contributed by atoms with van der Waals surface area (Å²) in [6.45, 7) is 3.76. The zero-order valence-corrected chi connectivity index (χ0v) is 25.0. The fourth-order valence-corrected chi connectivity index (χ4v) is 6.15. The number of nitrogens with zero attached hydrogens (tertiary/aromatic N) is 2. The van der Waals surface area contributed by atoms with Gasteiger partial charge in [0.25, 0.3) is 0 Å². The third-order valence-electron chi connectivity index (χ3n) is 8.61. The minimum absolute atomic E-state index is 0.0224. The Balaban J connectivity index is 1.18. The maximum Gasteiger partial charge on any atom is 0.163 e. The lowest BCUT2D eigenvalue weighted by atomic mass is 9.86. The van der Waals surface area contributed by atoms with Gasteiger partial charge in [-0.2, -0.15) is 0 Å². The molecule has 2 aromatic carbocycles. The predicted molar refractivity (Wildman–Crippen MR) is 167 cm³/mol. The number of carbonyl (C=O) groups excluding carboxylic acids is 1. The van der Waals surface area contributed by atoms with Crippen molar-refractivity contribution >= 4 is 12.0 Å². The molecule has 2 atom stereocenters. The molecule has 0 fully saturated rings. The zero-order chi connectivity index (χ0) is 30.3. The summed E-state index contributed by atoms with van der Waals surface area (Å²) in [6, 6.07) is 9.16. The number of carbonyl (C=O) groups is 1. The molecule has 3 aliphatic rings. The molecule has 0 aliphatic carbocycles. The SMILES string of the molecule is CCCCC[C@@H](O)CC(=O)CCc1ccc(O)c(OCN2C=C3N=CC(Cc4c(CO)ccc5c4CCN[C@@H]5N)=C3C2)c1. The first kappa shape index (κ1) is 30.9. The number of aliphatic imine (C=N–C) groups is 1. The summed E-state index contributed by atoms with van der Waals surface area (Å²) in [5, 5.41) is 33.9. The highest BCUT2D eigenvalue weighted by Gasteiger charge is 2.27. The number of aryl methyl sites for hydroxylation is 1. The van der Waals surface area contributed by atoms with Crippen molar-refractivity contribution in [2.45, 2.75) is 83.6 Å². The lowest BCUT2D eigenvalue weighted by molar-refractivity contribution is -0.121. The number of aromatic hydroxyl groups is 1. The standard InChI is InChI=1S/C34H44N4O5/c1-2-3-4-5-25(40)16-26(41)9-6-22-7-11-32(42)33(14-22)43-21-38-18-30-24(17-37-31(30)19-38)15-29-23(20-39)8-10-28-27(29)12-13-36-34(28)35/h7-8,10-11,14,17,19,25,34,36,39-40,42H,2-6,9,12-13,15-16,18,20-21,35H2,1H3/t25-,34+/m1/s1. The molecule has 0 saturated carbocycles. The monoisotopic (exact) mass is 588 g/mol. The van der Waals surface area contributed by atoms with Crippen LogP contribution in [0.25, 0.3) is 0 Å². The largest absolute Gasteiger partial charge is 0.504 e. The number of rotatable bonds is 15. The maximum absolute atomic E-state index is 12.4. The summed E-state index contributed by atoms with van der Waals surface area (Å²) in [5.74, 6) is 0.455. The minimum Gasteiger partial charge on any atom is -0.504 e. The molecular formula is C34H44N4O5. The van der Waals surface area contributed by atoms with Crippen LogP contribution in [-0.2, 0) is 30.7 Å². The maximum atomic E-state index is 12.4. The van der Waals surface area contributed by atoms with E-state index in [0.717, 1.165) is 71.3 Å². The van der Waals surface area contributed by atoms with Crippen molar-refractivity contribution in [2.24, 2.45) is 10.7 Å². The number of aliphatic hydroxyl groups is 2. The second kappa shape index (κ2) is 14.3. The second-order valence-electron chi connectivity index (χ2n) is 11.8. The molecule has 0 saturated heterocycles. The van der Waals surface area contributed by atoms with E-state index < -0.39 is 6.10 Å². The van der Waals surface area contributed by atoms with Gasteiger partial charge in [0.15, 0.2) is 18.2 Å². The molecule has 0 amide bonds. The van der Waals surface area contributed by atoms with Crippen LogP contribution < -0.4 is 15.8 Å². The Hall–Kier alpha value is -3.50. The van der Waals surface area contributed by atoms with Crippen molar-refractivity contribution in [3.05, 3.63) is 81.2 Å². The number of ether oxygens (including phenoxy) is 1. The van der Waals surface area contributed by atoms with E-state index in [-0.39, 0.29) is 37.5 Å². The number of ketones is 1. The lowest BCUT2D eigenvalue weighted by Gasteiger charge is -2.27. The normalized spacial score (nSPS) is 18.1. The van der Waals surface area contributed by atoms with Crippen LogP contribution in [0.5, 0.6) is 11.5 Å². The summed E-state index contributed by atoms with van der Waals surface area (Å²) >= 11 is 0. The molecule has 0 radical (unpaired) electrons. The molecule has 0 aromatic heterocycles. The summed E-state index contributed by atoms with van der Waals surface area (Å²) in [6.07, 6.45) is 9.46. The molecule has 6 N–H and O–H groups in total. The van der Waals surface area contributed by atoms with Crippen molar-refractivity contribution in [3.63, 3.8) is 0 Å². The van der Waals surface area contributed by atoms with E-state index in [0.29, 0.717) is 38.0 Å². The molecule has 43 heavy (non-hydrogen) atoms. The number of Topliss-reactive ketones (excluding diaryl/α,β-unsaturated/α-hetero) is 1. The Morgan fingerprint density at radius 3 is 2.93 bits per heavy atom. The van der Waals surface area contributed by atoms with Crippen LogP contribution in [0.3, 0.4) is 0 Å². The zero-order valence-electron chi connectivity index (χ0n) is 25.0. The number of fused-ring (bicyclic) bond motifs is 2. The number of hydrogen-bond acceptors (Lipinski definition) is 9. The highest BCUT2D eigenvalue weighted by Crippen LogP contribution is 2.35. The molecular weight excluding hydrogens is 544 g/mol. The molecule has 0 bridgehead atoms. The van der Waals surface area contributed by atoms with E-state index in [1.165, 1.54) is 5.56 Å². The molecule has 0 spiro atoms. The van der Waals surface area contributed by atoms with Crippen LogP contribution in [0.4, 0.5) is 0 Å². The van der Waals surface area contributed by atoms with E-state index in [9.17, 15) is 20.1 Å². The van der Waals surface area contributed by atoms with Gasteiger partial charge in [-0.05, 0) is 64.8 Å². The van der Waals surface area contributed by atoms with Gasteiger partial charge in [0.1, 0.15) is 5.78 Å². The molecule has 3 aliphatic heterocycles. The van der Waals surface area contributed by atoms with Gasteiger partial charge in [0, 0.05) is 50.3 Å². The first-order chi connectivity index (χ1) is 20.9. The van der Waals surface area contributed by atoms with Crippen molar-refractivity contribution in [1.29, 1.82) is 0 Å². The average molecular weight is 589 g/mol. The first-order valence-corrected chi connectivity index (χ1v) is 15.5. The molecule has 9 heteroatoms. The quantitative estimate of drug-likeness (QED) is 0.197. The number of allylic oxidation sites excluding steroid dienone is 1. The van der Waals surface area contributed by atoms with Crippen LogP contribution in [0.1, 0.15) is 79.4 Å². The Morgan fingerprint density at radius 1 is 1.26 bits per heavy atom. The third kappa shape index (κ3) is 7.54. The summed E-state index contributed by atoms with van der Waals surface area (Å²) < 4.78 is 6.01. The van der Waals surface area contributed by atoms with E-state index in [1.54, 1.807) is 18.2 Å². The third-order valence-corrected chi connectivity index (χ3v) is 8.61. The van der Waals surface area contributed by atoms with E-state index in [2.05, 4.69) is 17.2 Å². The van der Waals surface area contributed by atoms with E-state index >= 15 is 0 Å².